The second-order valence-electron chi connectivity index (χ2n) is 4.41. The molecule has 0 aliphatic rings. The van der Waals surface area contributed by atoms with E-state index in [0.717, 1.165) is 5.75 Å². The minimum absolute atomic E-state index is 0.394. The number of benzene rings is 2. The molecular formula is C16H18O. The average molecular weight is 226 g/mol. The zero-order valence-corrected chi connectivity index (χ0v) is 10.6. The highest BCUT2D eigenvalue weighted by Gasteiger charge is 2.08. The van der Waals surface area contributed by atoms with Gasteiger partial charge in [-0.15, -0.1) is 0 Å². The van der Waals surface area contributed by atoms with E-state index in [1.54, 1.807) is 7.11 Å². The molecule has 0 N–H and O–H groups in total. The van der Waals surface area contributed by atoms with Gasteiger partial charge in [-0.3, -0.25) is 0 Å². The molecule has 0 aliphatic carbocycles. The zero-order chi connectivity index (χ0) is 12.3. The molecule has 0 amide bonds. The van der Waals surface area contributed by atoms with Crippen LogP contribution in [0, 0.1) is 6.92 Å². The molecule has 88 valence electrons. The molecule has 0 aromatic heterocycles. The first-order valence-electron chi connectivity index (χ1n) is 5.91. The van der Waals surface area contributed by atoms with Gasteiger partial charge in [0.15, 0.2) is 0 Å². The summed E-state index contributed by atoms with van der Waals surface area (Å²) in [7, 11) is 1.70. The van der Waals surface area contributed by atoms with Crippen molar-refractivity contribution in [2.24, 2.45) is 0 Å². The fraction of sp³-hybridized carbons (Fsp3) is 0.250. The van der Waals surface area contributed by atoms with Gasteiger partial charge in [-0.05, 0) is 30.2 Å². The first-order valence-corrected chi connectivity index (χ1v) is 5.91. The minimum atomic E-state index is 0.394. The third-order valence-electron chi connectivity index (χ3n) is 3.17. The quantitative estimate of drug-likeness (QED) is 0.763. The molecule has 0 aliphatic heterocycles. The van der Waals surface area contributed by atoms with Crippen molar-refractivity contribution >= 4 is 0 Å². The van der Waals surface area contributed by atoms with Crippen molar-refractivity contribution in [2.45, 2.75) is 19.8 Å². The Balaban J connectivity index is 2.29. The van der Waals surface area contributed by atoms with Crippen LogP contribution in [0.25, 0.3) is 0 Å². The summed E-state index contributed by atoms with van der Waals surface area (Å²) in [6.07, 6.45) is 0. The van der Waals surface area contributed by atoms with Gasteiger partial charge in [0.05, 0.1) is 7.11 Å². The summed E-state index contributed by atoms with van der Waals surface area (Å²) in [6.45, 7) is 4.33. The van der Waals surface area contributed by atoms with Gasteiger partial charge < -0.3 is 4.74 Å². The second-order valence-corrected chi connectivity index (χ2v) is 4.41. The lowest BCUT2D eigenvalue weighted by Crippen LogP contribution is -1.96. The molecule has 0 fully saturated rings. The molecule has 1 atom stereocenters. The van der Waals surface area contributed by atoms with E-state index in [0.29, 0.717) is 5.92 Å². The predicted molar refractivity (Wildman–Crippen MR) is 71.7 cm³/mol. The molecule has 2 aromatic carbocycles. The molecule has 0 radical (unpaired) electrons. The second kappa shape index (κ2) is 5.05. The smallest absolute Gasteiger partial charge is 0.119 e. The van der Waals surface area contributed by atoms with Crippen LogP contribution in [0.5, 0.6) is 5.75 Å². The monoisotopic (exact) mass is 226 g/mol. The van der Waals surface area contributed by atoms with Crippen LogP contribution < -0.4 is 4.74 Å². The summed E-state index contributed by atoms with van der Waals surface area (Å²) in [5, 5.41) is 0. The summed E-state index contributed by atoms with van der Waals surface area (Å²) in [5.74, 6) is 1.31. The third-order valence-corrected chi connectivity index (χ3v) is 3.17. The van der Waals surface area contributed by atoms with Crippen LogP contribution in [0.1, 0.15) is 29.5 Å². The van der Waals surface area contributed by atoms with E-state index in [9.17, 15) is 0 Å². The first-order chi connectivity index (χ1) is 8.20. The Labute approximate surface area is 103 Å². The van der Waals surface area contributed by atoms with Gasteiger partial charge in [0.1, 0.15) is 5.75 Å². The fourth-order valence-electron chi connectivity index (χ4n) is 1.96. The van der Waals surface area contributed by atoms with Crippen molar-refractivity contribution in [3.05, 3.63) is 65.2 Å². The predicted octanol–water partition coefficient (Wildman–Crippen LogP) is 4.16. The SMILES string of the molecule is COc1cccc([C@@H](C)c2ccc(C)cc2)c1. The maximum absolute atomic E-state index is 5.26. The maximum Gasteiger partial charge on any atom is 0.119 e. The molecule has 0 spiro atoms. The number of ether oxygens (including phenoxy) is 1. The van der Waals surface area contributed by atoms with Crippen LogP contribution in [-0.4, -0.2) is 7.11 Å². The summed E-state index contributed by atoms with van der Waals surface area (Å²) in [6, 6.07) is 17.0. The highest BCUT2D eigenvalue weighted by atomic mass is 16.5. The van der Waals surface area contributed by atoms with Gasteiger partial charge in [0, 0.05) is 5.92 Å². The standard InChI is InChI=1S/C16H18O/c1-12-7-9-14(10-8-12)13(2)15-5-4-6-16(11-15)17-3/h4-11,13H,1-3H3/t13-/m0/s1. The Morgan fingerprint density at radius 1 is 0.941 bits per heavy atom. The topological polar surface area (TPSA) is 9.23 Å². The molecule has 0 unspecified atom stereocenters. The van der Waals surface area contributed by atoms with Crippen molar-refractivity contribution < 1.29 is 4.74 Å². The number of aryl methyl sites for hydroxylation is 1. The molecule has 0 saturated carbocycles. The van der Waals surface area contributed by atoms with Crippen molar-refractivity contribution in [2.75, 3.05) is 7.11 Å². The molecule has 0 saturated heterocycles. The number of methoxy groups -OCH3 is 1. The van der Waals surface area contributed by atoms with E-state index < -0.39 is 0 Å². The van der Waals surface area contributed by atoms with Crippen LogP contribution in [0.4, 0.5) is 0 Å². The molecule has 2 rings (SSSR count). The summed E-state index contributed by atoms with van der Waals surface area (Å²) < 4.78 is 5.26. The minimum Gasteiger partial charge on any atom is -0.497 e. The van der Waals surface area contributed by atoms with E-state index in [-0.39, 0.29) is 0 Å². The van der Waals surface area contributed by atoms with Gasteiger partial charge in [-0.2, -0.15) is 0 Å². The molecule has 1 heteroatoms. The largest absolute Gasteiger partial charge is 0.497 e. The van der Waals surface area contributed by atoms with E-state index in [4.69, 9.17) is 4.74 Å². The lowest BCUT2D eigenvalue weighted by molar-refractivity contribution is 0.414. The van der Waals surface area contributed by atoms with Crippen molar-refractivity contribution in [1.29, 1.82) is 0 Å². The normalized spacial score (nSPS) is 12.2. The van der Waals surface area contributed by atoms with Crippen LogP contribution in [0.15, 0.2) is 48.5 Å². The van der Waals surface area contributed by atoms with Gasteiger partial charge in [0.25, 0.3) is 0 Å². The molecule has 1 nitrogen and oxygen atoms in total. The molecular weight excluding hydrogens is 208 g/mol. The maximum atomic E-state index is 5.26. The summed E-state index contributed by atoms with van der Waals surface area (Å²) in [5.41, 5.74) is 3.92. The van der Waals surface area contributed by atoms with Gasteiger partial charge in [0.2, 0.25) is 0 Å². The van der Waals surface area contributed by atoms with Crippen molar-refractivity contribution in [3.63, 3.8) is 0 Å². The highest BCUT2D eigenvalue weighted by Crippen LogP contribution is 2.26. The summed E-state index contributed by atoms with van der Waals surface area (Å²) >= 11 is 0. The number of rotatable bonds is 3. The Kier molecular flexibility index (Phi) is 3.48. The molecule has 0 bridgehead atoms. The van der Waals surface area contributed by atoms with Gasteiger partial charge in [-0.25, -0.2) is 0 Å². The average Bonchev–Trinajstić information content (AvgIpc) is 2.39. The lowest BCUT2D eigenvalue weighted by atomic mass is 9.92. The first kappa shape index (κ1) is 11.7. The number of hydrogen-bond donors (Lipinski definition) is 0. The molecule has 0 heterocycles. The highest BCUT2D eigenvalue weighted by molar-refractivity contribution is 5.37. The van der Waals surface area contributed by atoms with Crippen molar-refractivity contribution in [1.82, 2.24) is 0 Å². The van der Waals surface area contributed by atoms with Crippen LogP contribution in [-0.2, 0) is 0 Å². The fourth-order valence-corrected chi connectivity index (χ4v) is 1.96. The third kappa shape index (κ3) is 2.68. The van der Waals surface area contributed by atoms with E-state index in [2.05, 4.69) is 50.2 Å². The Morgan fingerprint density at radius 3 is 2.29 bits per heavy atom. The van der Waals surface area contributed by atoms with Crippen LogP contribution in [0.3, 0.4) is 0 Å². The van der Waals surface area contributed by atoms with Crippen LogP contribution >= 0.6 is 0 Å². The van der Waals surface area contributed by atoms with Crippen LogP contribution in [0.2, 0.25) is 0 Å². The van der Waals surface area contributed by atoms with E-state index in [1.807, 2.05) is 12.1 Å². The number of hydrogen-bond acceptors (Lipinski definition) is 1. The van der Waals surface area contributed by atoms with E-state index >= 15 is 0 Å². The molecule has 17 heavy (non-hydrogen) atoms. The van der Waals surface area contributed by atoms with E-state index in [1.165, 1.54) is 16.7 Å². The van der Waals surface area contributed by atoms with Gasteiger partial charge >= 0.3 is 0 Å². The lowest BCUT2D eigenvalue weighted by Gasteiger charge is -2.13. The van der Waals surface area contributed by atoms with Gasteiger partial charge in [-0.1, -0.05) is 48.9 Å². The Morgan fingerprint density at radius 2 is 1.65 bits per heavy atom. The summed E-state index contributed by atoms with van der Waals surface area (Å²) in [4.78, 5) is 0. The molecule has 2 aromatic rings. The Bertz CT molecular complexity index is 485. The zero-order valence-electron chi connectivity index (χ0n) is 10.6. The van der Waals surface area contributed by atoms with Crippen molar-refractivity contribution in [3.8, 4) is 5.75 Å². The Hall–Kier alpha value is -1.76.